The van der Waals surface area contributed by atoms with Crippen molar-refractivity contribution in [2.24, 2.45) is 0 Å². The van der Waals surface area contributed by atoms with Crippen LogP contribution in [0.5, 0.6) is 5.75 Å². The van der Waals surface area contributed by atoms with Gasteiger partial charge in [-0.1, -0.05) is 11.6 Å². The van der Waals surface area contributed by atoms with Crippen molar-refractivity contribution in [2.45, 2.75) is 45.2 Å². The van der Waals surface area contributed by atoms with Gasteiger partial charge in [0.15, 0.2) is 0 Å². The molecule has 0 bridgehead atoms. The molecule has 2 aromatic rings. The van der Waals surface area contributed by atoms with Crippen LogP contribution in [0, 0.1) is 0 Å². The lowest BCUT2D eigenvalue weighted by Gasteiger charge is -2.35. The van der Waals surface area contributed by atoms with Gasteiger partial charge in [0.05, 0.1) is 24.1 Å². The monoisotopic (exact) mass is 488 g/mol. The van der Waals surface area contributed by atoms with E-state index in [1.165, 1.54) is 25.4 Å². The van der Waals surface area contributed by atoms with Crippen LogP contribution in [0.3, 0.4) is 0 Å². The minimum absolute atomic E-state index is 0.0399. The van der Waals surface area contributed by atoms with E-state index >= 15 is 0 Å². The van der Waals surface area contributed by atoms with E-state index in [9.17, 15) is 19.5 Å². The van der Waals surface area contributed by atoms with E-state index in [0.29, 0.717) is 22.4 Å². The van der Waals surface area contributed by atoms with Crippen molar-refractivity contribution in [3.63, 3.8) is 0 Å². The van der Waals surface area contributed by atoms with E-state index in [1.807, 2.05) is 0 Å². The number of nitrogens with one attached hydrogen (secondary N) is 2. The van der Waals surface area contributed by atoms with Gasteiger partial charge in [0, 0.05) is 42.5 Å². The summed E-state index contributed by atoms with van der Waals surface area (Å²) < 4.78 is 5.36. The quantitative estimate of drug-likeness (QED) is 0.521. The van der Waals surface area contributed by atoms with Crippen molar-refractivity contribution in [1.29, 1.82) is 0 Å². The highest BCUT2D eigenvalue weighted by atomic mass is 35.5. The highest BCUT2D eigenvalue weighted by Gasteiger charge is 2.26. The van der Waals surface area contributed by atoms with Crippen molar-refractivity contribution < 1.29 is 24.2 Å². The standard InChI is InChI=1S/C24H29ClN4O5/c1-14(2)29-8-6-17(7-9-29)27-23(31)19-10-15(24(32)33)11-20(34-3)18(19)12-22(30)28-21-5-4-16(25)13-26-21/h4-5,10-11,13-14,17H,6-9,12H2,1-3H3,(H,27,31)(H,32,33)(H,26,28,30). The summed E-state index contributed by atoms with van der Waals surface area (Å²) in [5, 5.41) is 15.6. The highest BCUT2D eigenvalue weighted by Crippen LogP contribution is 2.27. The van der Waals surface area contributed by atoms with E-state index in [4.69, 9.17) is 16.3 Å². The van der Waals surface area contributed by atoms with Gasteiger partial charge >= 0.3 is 5.97 Å². The first kappa shape index (κ1) is 25.5. The van der Waals surface area contributed by atoms with Crippen LogP contribution >= 0.6 is 11.6 Å². The normalized spacial score (nSPS) is 14.6. The number of methoxy groups -OCH3 is 1. The predicted octanol–water partition coefficient (Wildman–Crippen LogP) is 3.23. The topological polar surface area (TPSA) is 121 Å². The number of carboxylic acids is 1. The van der Waals surface area contributed by atoms with Crippen LogP contribution in [0.4, 0.5) is 5.82 Å². The van der Waals surface area contributed by atoms with Gasteiger partial charge in [0.1, 0.15) is 11.6 Å². The number of nitrogens with zero attached hydrogens (tertiary/aromatic N) is 2. The number of likely N-dealkylation sites (tertiary alicyclic amines) is 1. The van der Waals surface area contributed by atoms with Crippen molar-refractivity contribution in [3.8, 4) is 5.75 Å². The lowest BCUT2D eigenvalue weighted by atomic mass is 9.97. The number of benzene rings is 1. The average molecular weight is 489 g/mol. The number of aromatic nitrogens is 1. The number of carbonyl (C=O) groups excluding carboxylic acids is 2. The smallest absolute Gasteiger partial charge is 0.335 e. The molecule has 1 aromatic carbocycles. The fourth-order valence-electron chi connectivity index (χ4n) is 3.96. The fraction of sp³-hybridized carbons (Fsp3) is 0.417. The Hall–Kier alpha value is -3.17. The second-order valence-electron chi connectivity index (χ2n) is 8.47. The highest BCUT2D eigenvalue weighted by molar-refractivity contribution is 6.30. The minimum atomic E-state index is -1.20. The SMILES string of the molecule is COc1cc(C(=O)O)cc(C(=O)NC2CCN(C(C)C)CC2)c1CC(=O)Nc1ccc(Cl)cn1. The van der Waals surface area contributed by atoms with Gasteiger partial charge < -0.3 is 25.4 Å². The molecule has 1 aromatic heterocycles. The number of rotatable bonds is 8. The Kier molecular flexibility index (Phi) is 8.46. The lowest BCUT2D eigenvalue weighted by Crippen LogP contribution is -2.46. The Labute approximate surface area is 203 Å². The number of halogens is 1. The molecular weight excluding hydrogens is 460 g/mol. The van der Waals surface area contributed by atoms with Crippen LogP contribution in [0.2, 0.25) is 5.02 Å². The van der Waals surface area contributed by atoms with Crippen LogP contribution in [-0.4, -0.2) is 65.1 Å². The van der Waals surface area contributed by atoms with Gasteiger partial charge in [-0.2, -0.15) is 0 Å². The first-order chi connectivity index (χ1) is 16.2. The zero-order valence-electron chi connectivity index (χ0n) is 19.4. The van der Waals surface area contributed by atoms with Gasteiger partial charge in [0.2, 0.25) is 5.91 Å². The number of ether oxygens (including phenoxy) is 1. The molecule has 182 valence electrons. The molecule has 1 fully saturated rings. The third-order valence-corrected chi connectivity index (χ3v) is 6.07. The molecule has 1 aliphatic heterocycles. The summed E-state index contributed by atoms with van der Waals surface area (Å²) in [5.41, 5.74) is 0.304. The van der Waals surface area contributed by atoms with E-state index in [0.717, 1.165) is 25.9 Å². The second-order valence-corrected chi connectivity index (χ2v) is 8.91. The summed E-state index contributed by atoms with van der Waals surface area (Å²) >= 11 is 5.83. The number of carbonyl (C=O) groups is 3. The van der Waals surface area contributed by atoms with Gasteiger partial charge in [-0.05, 0) is 51.0 Å². The maximum atomic E-state index is 13.2. The van der Waals surface area contributed by atoms with Gasteiger partial charge in [-0.15, -0.1) is 0 Å². The Morgan fingerprint density at radius 2 is 1.94 bits per heavy atom. The molecule has 3 rings (SSSR count). The second kappa shape index (κ2) is 11.3. The molecule has 3 N–H and O–H groups in total. The molecule has 0 unspecified atom stereocenters. The Morgan fingerprint density at radius 1 is 1.24 bits per heavy atom. The summed E-state index contributed by atoms with van der Waals surface area (Å²) in [4.78, 5) is 44.0. The first-order valence-electron chi connectivity index (χ1n) is 11.1. The molecular formula is C24H29ClN4O5. The molecule has 0 aliphatic carbocycles. The van der Waals surface area contributed by atoms with Gasteiger partial charge in [-0.25, -0.2) is 9.78 Å². The number of anilines is 1. The molecule has 0 spiro atoms. The van der Waals surface area contributed by atoms with Crippen molar-refractivity contribution in [2.75, 3.05) is 25.5 Å². The Morgan fingerprint density at radius 3 is 2.50 bits per heavy atom. The number of pyridine rings is 1. The van der Waals surface area contributed by atoms with Crippen LogP contribution in [0.1, 0.15) is 53.0 Å². The number of hydrogen-bond donors (Lipinski definition) is 3. The molecule has 1 saturated heterocycles. The van der Waals surface area contributed by atoms with Gasteiger partial charge in [-0.3, -0.25) is 9.59 Å². The summed E-state index contributed by atoms with van der Waals surface area (Å²) in [7, 11) is 1.37. The summed E-state index contributed by atoms with van der Waals surface area (Å²) in [6.07, 6.45) is 2.78. The van der Waals surface area contributed by atoms with Crippen LogP contribution in [0.25, 0.3) is 0 Å². The molecule has 0 atom stereocenters. The van der Waals surface area contributed by atoms with Crippen molar-refractivity contribution in [3.05, 3.63) is 52.2 Å². The van der Waals surface area contributed by atoms with E-state index < -0.39 is 17.8 Å². The molecule has 1 aliphatic rings. The molecule has 0 radical (unpaired) electrons. The van der Waals surface area contributed by atoms with Crippen molar-refractivity contribution >= 4 is 35.2 Å². The molecule has 0 saturated carbocycles. The number of carboxylic acid groups (broad SMARTS) is 1. The fourth-order valence-corrected chi connectivity index (χ4v) is 4.07. The maximum Gasteiger partial charge on any atom is 0.335 e. The molecule has 10 heteroatoms. The molecule has 2 amide bonds. The lowest BCUT2D eigenvalue weighted by molar-refractivity contribution is -0.115. The summed E-state index contributed by atoms with van der Waals surface area (Å²) in [6, 6.07) is 6.14. The average Bonchev–Trinajstić information content (AvgIpc) is 2.80. The van der Waals surface area contributed by atoms with E-state index in [-0.39, 0.29) is 29.3 Å². The maximum absolute atomic E-state index is 13.2. The van der Waals surface area contributed by atoms with Crippen LogP contribution < -0.4 is 15.4 Å². The summed E-state index contributed by atoms with van der Waals surface area (Å²) in [5.74, 6) is -1.61. The molecule has 34 heavy (non-hydrogen) atoms. The van der Waals surface area contributed by atoms with E-state index in [2.05, 4.69) is 34.4 Å². The number of aromatic carboxylic acids is 1. The van der Waals surface area contributed by atoms with Crippen LogP contribution in [0.15, 0.2) is 30.5 Å². The number of piperidine rings is 1. The first-order valence-corrected chi connectivity index (χ1v) is 11.5. The van der Waals surface area contributed by atoms with Crippen molar-refractivity contribution in [1.82, 2.24) is 15.2 Å². The van der Waals surface area contributed by atoms with Gasteiger partial charge in [0.25, 0.3) is 5.91 Å². The minimum Gasteiger partial charge on any atom is -0.496 e. The Bertz CT molecular complexity index is 1050. The van der Waals surface area contributed by atoms with E-state index in [1.54, 1.807) is 12.1 Å². The number of hydrogen-bond acceptors (Lipinski definition) is 6. The van der Waals surface area contributed by atoms with Crippen LogP contribution in [-0.2, 0) is 11.2 Å². The largest absolute Gasteiger partial charge is 0.496 e. The third kappa shape index (κ3) is 6.45. The molecule has 9 nitrogen and oxygen atoms in total. The summed E-state index contributed by atoms with van der Waals surface area (Å²) in [6.45, 7) is 6.01. The zero-order valence-corrected chi connectivity index (χ0v) is 20.2. The number of amides is 2. The zero-order chi connectivity index (χ0) is 24.8. The third-order valence-electron chi connectivity index (χ3n) is 5.85. The molecule has 2 heterocycles. The predicted molar refractivity (Wildman–Crippen MR) is 129 cm³/mol. The Balaban J connectivity index is 1.83.